The maximum Gasteiger partial charge on any atom is 0.231 e. The van der Waals surface area contributed by atoms with E-state index in [0.29, 0.717) is 23.0 Å². The Labute approximate surface area is 128 Å². The van der Waals surface area contributed by atoms with Crippen LogP contribution in [0.2, 0.25) is 0 Å². The highest BCUT2D eigenvalue weighted by atomic mass is 79.9. The van der Waals surface area contributed by atoms with E-state index < -0.39 is 0 Å². The number of fused-ring (bicyclic) bond motifs is 2. The van der Waals surface area contributed by atoms with Crippen molar-refractivity contribution in [2.45, 2.75) is 0 Å². The van der Waals surface area contributed by atoms with Crippen molar-refractivity contribution in [3.8, 4) is 23.0 Å². The third-order valence-corrected chi connectivity index (χ3v) is 3.59. The van der Waals surface area contributed by atoms with E-state index in [0.717, 1.165) is 15.5 Å². The fraction of sp³-hybridized carbons (Fsp3) is 0.0667. The van der Waals surface area contributed by atoms with Gasteiger partial charge in [-0.1, -0.05) is 0 Å². The van der Waals surface area contributed by atoms with Gasteiger partial charge >= 0.3 is 0 Å². The van der Waals surface area contributed by atoms with Crippen molar-refractivity contribution in [3.63, 3.8) is 0 Å². The molecular formula is C15H9BrN2O3. The molecule has 0 atom stereocenters. The van der Waals surface area contributed by atoms with Crippen molar-refractivity contribution >= 4 is 26.8 Å². The molecule has 1 aromatic carbocycles. The first-order chi connectivity index (χ1) is 10.3. The molecule has 0 saturated carbocycles. The van der Waals surface area contributed by atoms with Crippen molar-refractivity contribution in [2.75, 3.05) is 6.79 Å². The van der Waals surface area contributed by atoms with E-state index in [2.05, 4.69) is 25.9 Å². The van der Waals surface area contributed by atoms with E-state index in [4.69, 9.17) is 14.2 Å². The van der Waals surface area contributed by atoms with Gasteiger partial charge in [0.05, 0.1) is 11.7 Å². The molecule has 6 heteroatoms. The molecule has 0 fully saturated rings. The second kappa shape index (κ2) is 4.89. The van der Waals surface area contributed by atoms with Gasteiger partial charge in [0.25, 0.3) is 0 Å². The number of rotatable bonds is 2. The quantitative estimate of drug-likeness (QED) is 0.659. The summed E-state index contributed by atoms with van der Waals surface area (Å²) in [6, 6.07) is 9.29. The lowest BCUT2D eigenvalue weighted by atomic mass is 10.1. The van der Waals surface area contributed by atoms with Crippen molar-refractivity contribution in [1.82, 2.24) is 9.97 Å². The van der Waals surface area contributed by atoms with Gasteiger partial charge in [-0.15, -0.1) is 0 Å². The predicted octanol–water partition coefficient (Wildman–Crippen LogP) is 3.91. The molecule has 0 N–H and O–H groups in total. The Morgan fingerprint density at radius 3 is 2.95 bits per heavy atom. The van der Waals surface area contributed by atoms with Crippen LogP contribution in [0.5, 0.6) is 23.0 Å². The minimum absolute atomic E-state index is 0.181. The van der Waals surface area contributed by atoms with Crippen LogP contribution in [0.3, 0.4) is 0 Å². The molecule has 0 unspecified atom stereocenters. The molecule has 0 spiro atoms. The number of halogens is 1. The van der Waals surface area contributed by atoms with Gasteiger partial charge in [-0.25, -0.2) is 4.98 Å². The fourth-order valence-electron chi connectivity index (χ4n) is 2.19. The maximum atomic E-state index is 5.96. The topological polar surface area (TPSA) is 53.5 Å². The van der Waals surface area contributed by atoms with E-state index in [9.17, 15) is 0 Å². The monoisotopic (exact) mass is 344 g/mol. The molecule has 0 saturated heterocycles. The molecule has 3 heterocycles. The number of aromatic nitrogens is 2. The minimum Gasteiger partial charge on any atom is -0.453 e. The third kappa shape index (κ3) is 2.17. The zero-order chi connectivity index (χ0) is 14.2. The Kier molecular flexibility index (Phi) is 2.89. The van der Waals surface area contributed by atoms with Crippen LogP contribution < -0.4 is 14.2 Å². The Morgan fingerprint density at radius 2 is 2.10 bits per heavy atom. The van der Waals surface area contributed by atoms with Crippen LogP contribution >= 0.6 is 15.9 Å². The SMILES string of the molecule is Brc1ccc(Oc2c3c(cc4ncccc24)OCO3)cn1. The summed E-state index contributed by atoms with van der Waals surface area (Å²) < 4.78 is 17.7. The van der Waals surface area contributed by atoms with Gasteiger partial charge in [-0.2, -0.15) is 0 Å². The first-order valence-corrected chi connectivity index (χ1v) is 7.07. The third-order valence-electron chi connectivity index (χ3n) is 3.12. The van der Waals surface area contributed by atoms with Gasteiger partial charge in [0.1, 0.15) is 10.4 Å². The van der Waals surface area contributed by atoms with Crippen molar-refractivity contribution in [2.24, 2.45) is 0 Å². The normalized spacial score (nSPS) is 12.6. The van der Waals surface area contributed by atoms with E-state index in [1.165, 1.54) is 0 Å². The highest BCUT2D eigenvalue weighted by molar-refractivity contribution is 9.10. The molecule has 1 aliphatic heterocycles. The molecule has 2 aromatic heterocycles. The summed E-state index contributed by atoms with van der Waals surface area (Å²) in [7, 11) is 0. The minimum atomic E-state index is 0.181. The van der Waals surface area contributed by atoms with Gasteiger partial charge < -0.3 is 14.2 Å². The summed E-state index contributed by atoms with van der Waals surface area (Å²) in [4.78, 5) is 8.49. The van der Waals surface area contributed by atoms with Crippen LogP contribution in [0.15, 0.2) is 47.3 Å². The lowest BCUT2D eigenvalue weighted by molar-refractivity contribution is 0.172. The van der Waals surface area contributed by atoms with E-state index >= 15 is 0 Å². The molecule has 1 aliphatic rings. The molecule has 0 bridgehead atoms. The standard InChI is InChI=1S/C15H9BrN2O3/c16-13-4-3-9(7-18-13)21-14-10-2-1-5-17-11(10)6-12-15(14)20-8-19-12/h1-7H,8H2. The number of hydrogen-bond acceptors (Lipinski definition) is 5. The van der Waals surface area contributed by atoms with Crippen molar-refractivity contribution < 1.29 is 14.2 Å². The zero-order valence-electron chi connectivity index (χ0n) is 10.7. The smallest absolute Gasteiger partial charge is 0.231 e. The van der Waals surface area contributed by atoms with Crippen molar-refractivity contribution in [3.05, 3.63) is 47.3 Å². The summed E-state index contributed by atoms with van der Waals surface area (Å²) in [5.74, 6) is 2.45. The lowest BCUT2D eigenvalue weighted by Gasteiger charge is -2.11. The molecule has 0 amide bonds. The lowest BCUT2D eigenvalue weighted by Crippen LogP contribution is -1.94. The molecule has 0 aliphatic carbocycles. The number of nitrogens with zero attached hydrogens (tertiary/aromatic N) is 2. The van der Waals surface area contributed by atoms with Crippen molar-refractivity contribution in [1.29, 1.82) is 0 Å². The summed E-state index contributed by atoms with van der Waals surface area (Å²) >= 11 is 3.30. The number of benzene rings is 1. The average molecular weight is 345 g/mol. The Balaban J connectivity index is 1.88. The van der Waals surface area contributed by atoms with E-state index in [-0.39, 0.29) is 6.79 Å². The second-order valence-corrected chi connectivity index (χ2v) is 5.24. The summed E-state index contributed by atoms with van der Waals surface area (Å²) in [6.45, 7) is 0.181. The molecule has 3 aromatic rings. The van der Waals surface area contributed by atoms with Crippen LogP contribution in [0.25, 0.3) is 10.9 Å². The van der Waals surface area contributed by atoms with Gasteiger partial charge in [-0.05, 0) is 40.2 Å². The predicted molar refractivity (Wildman–Crippen MR) is 79.9 cm³/mol. The Hall–Kier alpha value is -2.34. The molecule has 104 valence electrons. The number of pyridine rings is 2. The largest absolute Gasteiger partial charge is 0.453 e. The summed E-state index contributed by atoms with van der Waals surface area (Å²) in [5.41, 5.74) is 0.793. The highest BCUT2D eigenvalue weighted by Gasteiger charge is 2.23. The van der Waals surface area contributed by atoms with Crippen LogP contribution in [-0.2, 0) is 0 Å². The average Bonchev–Trinajstić information content (AvgIpc) is 2.97. The maximum absolute atomic E-state index is 5.96. The number of hydrogen-bond donors (Lipinski definition) is 0. The van der Waals surface area contributed by atoms with Crippen LogP contribution in [0.1, 0.15) is 0 Å². The summed E-state index contributed by atoms with van der Waals surface area (Å²) in [6.07, 6.45) is 3.37. The molecule has 0 radical (unpaired) electrons. The highest BCUT2D eigenvalue weighted by Crippen LogP contribution is 2.47. The zero-order valence-corrected chi connectivity index (χ0v) is 12.3. The van der Waals surface area contributed by atoms with Gasteiger partial charge in [-0.3, -0.25) is 4.98 Å². The van der Waals surface area contributed by atoms with Crippen LogP contribution in [-0.4, -0.2) is 16.8 Å². The van der Waals surface area contributed by atoms with E-state index in [1.807, 2.05) is 30.3 Å². The van der Waals surface area contributed by atoms with Gasteiger partial charge in [0.2, 0.25) is 12.5 Å². The second-order valence-electron chi connectivity index (χ2n) is 4.43. The Morgan fingerprint density at radius 1 is 1.14 bits per heavy atom. The van der Waals surface area contributed by atoms with Crippen LogP contribution in [0.4, 0.5) is 0 Å². The molecule has 21 heavy (non-hydrogen) atoms. The van der Waals surface area contributed by atoms with Gasteiger partial charge in [0.15, 0.2) is 11.5 Å². The number of ether oxygens (including phenoxy) is 3. The summed E-state index contributed by atoms with van der Waals surface area (Å²) in [5, 5.41) is 0.865. The van der Waals surface area contributed by atoms with Crippen LogP contribution in [0, 0.1) is 0 Å². The molecular weight excluding hydrogens is 336 g/mol. The molecule has 4 rings (SSSR count). The first-order valence-electron chi connectivity index (χ1n) is 6.28. The van der Waals surface area contributed by atoms with E-state index in [1.54, 1.807) is 12.4 Å². The van der Waals surface area contributed by atoms with Gasteiger partial charge in [0, 0.05) is 17.6 Å². The first kappa shape index (κ1) is 12.4. The molecule has 5 nitrogen and oxygen atoms in total. The fourth-order valence-corrected chi connectivity index (χ4v) is 2.42. The Bertz CT molecular complexity index is 821.